The van der Waals surface area contributed by atoms with Crippen LogP contribution in [0.5, 0.6) is 0 Å². The van der Waals surface area contributed by atoms with Crippen LogP contribution in [0, 0.1) is 6.92 Å². The summed E-state index contributed by atoms with van der Waals surface area (Å²) >= 11 is 0. The molecule has 0 aliphatic carbocycles. The van der Waals surface area contributed by atoms with Crippen LogP contribution in [0.4, 0.5) is 0 Å². The summed E-state index contributed by atoms with van der Waals surface area (Å²) < 4.78 is 15.5. The molecule has 0 N–H and O–H groups in total. The third-order valence-corrected chi connectivity index (χ3v) is 1.09. The van der Waals surface area contributed by atoms with Crippen molar-refractivity contribution in [2.45, 2.75) is 26.7 Å². The van der Waals surface area contributed by atoms with E-state index in [1.807, 2.05) is 20.8 Å². The summed E-state index contributed by atoms with van der Waals surface area (Å²) in [4.78, 5) is 0. The molecule has 0 aliphatic heterocycles. The number of ether oxygens (including phenoxy) is 3. The number of rotatable bonds is 6. The topological polar surface area (TPSA) is 27.7 Å². The van der Waals surface area contributed by atoms with Crippen LogP contribution in [-0.2, 0) is 40.4 Å². The van der Waals surface area contributed by atoms with Crippen LogP contribution in [0.1, 0.15) is 20.8 Å². The van der Waals surface area contributed by atoms with Gasteiger partial charge >= 0.3 is 0 Å². The van der Waals surface area contributed by atoms with Crippen LogP contribution in [0.3, 0.4) is 0 Å². The Balaban J connectivity index is 0. The molecule has 0 aromatic carbocycles. The predicted molar refractivity (Wildman–Crippen MR) is 43.0 cm³/mol. The maximum absolute atomic E-state index is 5.15. The van der Waals surface area contributed by atoms with Crippen molar-refractivity contribution in [2.24, 2.45) is 0 Å². The molecule has 0 amide bonds. The van der Waals surface area contributed by atoms with Gasteiger partial charge in [0.1, 0.15) is 5.97 Å². The van der Waals surface area contributed by atoms with E-state index in [9.17, 15) is 0 Å². The predicted octanol–water partition coefficient (Wildman–Crippen LogP) is 1.58. The van der Waals surface area contributed by atoms with E-state index in [0.29, 0.717) is 19.8 Å². The van der Waals surface area contributed by atoms with Gasteiger partial charge in [0, 0.05) is 46.0 Å². The summed E-state index contributed by atoms with van der Waals surface area (Å²) in [7, 11) is 0. The van der Waals surface area contributed by atoms with Crippen LogP contribution in [0.25, 0.3) is 0 Å². The SMILES string of the molecule is [CH2-]C(OCC)(OCC)OCC.[Zr]. The Morgan fingerprint density at radius 1 is 0.917 bits per heavy atom. The van der Waals surface area contributed by atoms with Crippen LogP contribution < -0.4 is 0 Å². The Kier molecular flexibility index (Phi) is 10.6. The molecule has 0 aromatic rings. The summed E-state index contributed by atoms with van der Waals surface area (Å²) in [5, 5.41) is 0. The fraction of sp³-hybridized carbons (Fsp3) is 0.875. The minimum Gasteiger partial charge on any atom is -0.355 e. The van der Waals surface area contributed by atoms with Crippen molar-refractivity contribution >= 4 is 0 Å². The van der Waals surface area contributed by atoms with Gasteiger partial charge in [0.2, 0.25) is 0 Å². The molecule has 0 aliphatic rings. The van der Waals surface area contributed by atoms with Gasteiger partial charge in [0.25, 0.3) is 0 Å². The fourth-order valence-electron chi connectivity index (χ4n) is 0.785. The summed E-state index contributed by atoms with van der Waals surface area (Å²) in [6, 6.07) is 0. The van der Waals surface area contributed by atoms with Crippen molar-refractivity contribution in [1.82, 2.24) is 0 Å². The molecule has 72 valence electrons. The minimum absolute atomic E-state index is 0. The standard InChI is InChI=1S/C8H17O3.Zr/c1-5-9-8(4,10-6-2)11-7-3;/h4-7H2,1-3H3;/q-1;. The first kappa shape index (κ1) is 15.2. The van der Waals surface area contributed by atoms with E-state index in [2.05, 4.69) is 6.92 Å². The smallest absolute Gasteiger partial charge is 0.146 e. The average molecular weight is 252 g/mol. The fourth-order valence-corrected chi connectivity index (χ4v) is 0.785. The van der Waals surface area contributed by atoms with Gasteiger partial charge in [-0.15, -0.1) is 0 Å². The third kappa shape index (κ3) is 6.30. The quantitative estimate of drug-likeness (QED) is 0.531. The second-order valence-electron chi connectivity index (χ2n) is 1.98. The molecular weight excluding hydrogens is 235 g/mol. The van der Waals surface area contributed by atoms with Crippen molar-refractivity contribution < 1.29 is 40.4 Å². The van der Waals surface area contributed by atoms with E-state index in [4.69, 9.17) is 14.2 Å². The molecule has 0 aromatic heterocycles. The van der Waals surface area contributed by atoms with Crippen molar-refractivity contribution in [3.05, 3.63) is 6.92 Å². The Morgan fingerprint density at radius 2 is 1.17 bits per heavy atom. The number of hydrogen-bond acceptors (Lipinski definition) is 3. The van der Waals surface area contributed by atoms with Crippen LogP contribution in [-0.4, -0.2) is 25.8 Å². The zero-order chi connectivity index (χ0) is 8.74. The minimum atomic E-state index is -1.10. The van der Waals surface area contributed by atoms with Gasteiger partial charge in [-0.25, -0.2) is 0 Å². The number of hydrogen-bond donors (Lipinski definition) is 0. The van der Waals surface area contributed by atoms with Crippen LogP contribution in [0.15, 0.2) is 0 Å². The molecule has 0 spiro atoms. The third-order valence-electron chi connectivity index (χ3n) is 1.09. The molecular formula is C8H17O3Zr-. The van der Waals surface area contributed by atoms with Crippen LogP contribution in [0.2, 0.25) is 0 Å². The van der Waals surface area contributed by atoms with Gasteiger partial charge in [-0.05, 0) is 20.8 Å². The second-order valence-corrected chi connectivity index (χ2v) is 1.98. The van der Waals surface area contributed by atoms with Gasteiger partial charge in [0.05, 0.1) is 0 Å². The van der Waals surface area contributed by atoms with Crippen molar-refractivity contribution in [1.29, 1.82) is 0 Å². The molecule has 3 nitrogen and oxygen atoms in total. The molecule has 0 radical (unpaired) electrons. The summed E-state index contributed by atoms with van der Waals surface area (Å²) in [6.07, 6.45) is 0. The molecule has 0 atom stereocenters. The van der Waals surface area contributed by atoms with E-state index in [-0.39, 0.29) is 26.2 Å². The molecule has 0 saturated carbocycles. The van der Waals surface area contributed by atoms with Crippen molar-refractivity contribution in [3.8, 4) is 0 Å². The first-order valence-electron chi connectivity index (χ1n) is 3.95. The zero-order valence-electron chi connectivity index (χ0n) is 8.05. The van der Waals surface area contributed by atoms with Crippen LogP contribution >= 0.6 is 0 Å². The monoisotopic (exact) mass is 251 g/mol. The van der Waals surface area contributed by atoms with E-state index in [0.717, 1.165) is 0 Å². The molecule has 0 saturated heterocycles. The van der Waals surface area contributed by atoms with Gasteiger partial charge in [-0.3, -0.25) is 6.92 Å². The summed E-state index contributed by atoms with van der Waals surface area (Å²) in [6.45, 7) is 10.9. The largest absolute Gasteiger partial charge is 0.355 e. The molecule has 0 unspecified atom stereocenters. The maximum atomic E-state index is 5.15. The molecule has 0 bridgehead atoms. The maximum Gasteiger partial charge on any atom is 0.146 e. The average Bonchev–Trinajstić information content (AvgIpc) is 1.88. The Hall–Kier alpha value is 0.763. The van der Waals surface area contributed by atoms with Gasteiger partial charge in [-0.2, -0.15) is 0 Å². The Morgan fingerprint density at radius 3 is 1.33 bits per heavy atom. The van der Waals surface area contributed by atoms with E-state index < -0.39 is 5.97 Å². The van der Waals surface area contributed by atoms with E-state index in [1.165, 1.54) is 0 Å². The van der Waals surface area contributed by atoms with E-state index >= 15 is 0 Å². The summed E-state index contributed by atoms with van der Waals surface area (Å²) in [5.74, 6) is -1.10. The zero-order valence-corrected chi connectivity index (χ0v) is 10.5. The normalized spacial score (nSPS) is 11.0. The van der Waals surface area contributed by atoms with E-state index in [1.54, 1.807) is 0 Å². The molecule has 0 rings (SSSR count). The van der Waals surface area contributed by atoms with Gasteiger partial charge in [-0.1, -0.05) is 0 Å². The second kappa shape index (κ2) is 8.37. The molecule has 0 fully saturated rings. The van der Waals surface area contributed by atoms with Crippen molar-refractivity contribution in [2.75, 3.05) is 19.8 Å². The first-order valence-corrected chi connectivity index (χ1v) is 3.95. The first-order chi connectivity index (χ1) is 5.18. The van der Waals surface area contributed by atoms with Gasteiger partial charge in [0.15, 0.2) is 0 Å². The molecule has 4 heteroatoms. The summed E-state index contributed by atoms with van der Waals surface area (Å²) in [5.41, 5.74) is 0. The Bertz CT molecular complexity index is 81.3. The Labute approximate surface area is 93.9 Å². The van der Waals surface area contributed by atoms with Crippen molar-refractivity contribution in [3.63, 3.8) is 0 Å². The van der Waals surface area contributed by atoms with Gasteiger partial charge < -0.3 is 14.2 Å². The molecule has 0 heterocycles. The molecule has 12 heavy (non-hydrogen) atoms.